The molecule has 0 radical (unpaired) electrons. The molecule has 3 rings (SSSR count). The van der Waals surface area contributed by atoms with Crippen LogP contribution in [0.25, 0.3) is 0 Å². The second-order valence-electron chi connectivity index (χ2n) is 7.52. The van der Waals surface area contributed by atoms with E-state index in [4.69, 9.17) is 32.7 Å². The van der Waals surface area contributed by atoms with Crippen molar-refractivity contribution in [3.63, 3.8) is 0 Å². The Balaban J connectivity index is 1.86. The molecule has 0 saturated carbocycles. The molecule has 2 aromatic rings. The molecule has 150 valence electrons. The SMILES string of the molecule is CC(C)(C)OC(=O)C[C@@H]1O[C@H](c2cccc(Cl)c2)[C@@H](c2ccc(Cl)s2)NC1=O. The predicted molar refractivity (Wildman–Crippen MR) is 110 cm³/mol. The first-order valence-electron chi connectivity index (χ1n) is 8.81. The monoisotopic (exact) mass is 441 g/mol. The summed E-state index contributed by atoms with van der Waals surface area (Å²) in [5.74, 6) is -0.853. The van der Waals surface area contributed by atoms with Gasteiger partial charge in [0.1, 0.15) is 17.8 Å². The minimum atomic E-state index is -0.953. The zero-order chi connectivity index (χ0) is 20.5. The van der Waals surface area contributed by atoms with Gasteiger partial charge in [-0.05, 0) is 50.6 Å². The molecule has 1 saturated heterocycles. The van der Waals surface area contributed by atoms with E-state index in [1.54, 1.807) is 39.0 Å². The molecular weight excluding hydrogens is 421 g/mol. The van der Waals surface area contributed by atoms with E-state index in [0.717, 1.165) is 10.4 Å². The van der Waals surface area contributed by atoms with Crippen molar-refractivity contribution in [3.05, 3.63) is 56.2 Å². The lowest BCUT2D eigenvalue weighted by molar-refractivity contribution is -0.168. The van der Waals surface area contributed by atoms with E-state index in [-0.39, 0.29) is 12.3 Å². The van der Waals surface area contributed by atoms with Crippen LogP contribution in [0.4, 0.5) is 0 Å². The van der Waals surface area contributed by atoms with Crippen LogP contribution >= 0.6 is 34.5 Å². The fraction of sp³-hybridized carbons (Fsp3) is 0.400. The molecule has 5 nitrogen and oxygen atoms in total. The van der Waals surface area contributed by atoms with Crippen molar-refractivity contribution in [1.82, 2.24) is 5.32 Å². The number of esters is 1. The number of benzene rings is 1. The molecule has 3 atom stereocenters. The van der Waals surface area contributed by atoms with Crippen LogP contribution in [0, 0.1) is 0 Å². The Morgan fingerprint density at radius 1 is 1.25 bits per heavy atom. The van der Waals surface area contributed by atoms with E-state index in [1.165, 1.54) is 11.3 Å². The second kappa shape index (κ2) is 8.41. The van der Waals surface area contributed by atoms with E-state index < -0.39 is 29.8 Å². The van der Waals surface area contributed by atoms with E-state index in [2.05, 4.69) is 5.32 Å². The quantitative estimate of drug-likeness (QED) is 0.671. The van der Waals surface area contributed by atoms with Crippen molar-refractivity contribution in [2.24, 2.45) is 0 Å². The number of amides is 1. The maximum Gasteiger partial charge on any atom is 0.309 e. The van der Waals surface area contributed by atoms with Crippen LogP contribution in [0.1, 0.15) is 49.8 Å². The Kier molecular flexibility index (Phi) is 6.34. The predicted octanol–water partition coefficient (Wildman–Crippen LogP) is 5.08. The third-order valence-corrected chi connectivity index (χ3v) is 5.60. The molecule has 0 spiro atoms. The maximum absolute atomic E-state index is 12.6. The maximum atomic E-state index is 12.6. The van der Waals surface area contributed by atoms with Gasteiger partial charge >= 0.3 is 5.97 Å². The summed E-state index contributed by atoms with van der Waals surface area (Å²) in [7, 11) is 0. The van der Waals surface area contributed by atoms with Gasteiger partial charge in [0.25, 0.3) is 0 Å². The number of ether oxygens (including phenoxy) is 2. The summed E-state index contributed by atoms with van der Waals surface area (Å²) >= 11 is 13.6. The lowest BCUT2D eigenvalue weighted by Crippen LogP contribution is -2.48. The van der Waals surface area contributed by atoms with E-state index >= 15 is 0 Å². The van der Waals surface area contributed by atoms with Crippen LogP contribution in [-0.4, -0.2) is 23.6 Å². The highest BCUT2D eigenvalue weighted by atomic mass is 35.5. The Labute approximate surface area is 177 Å². The molecule has 1 amide bonds. The van der Waals surface area contributed by atoms with Gasteiger partial charge in [-0.15, -0.1) is 11.3 Å². The van der Waals surface area contributed by atoms with Crippen molar-refractivity contribution in [3.8, 4) is 0 Å². The molecule has 1 aromatic carbocycles. The first kappa shape index (κ1) is 21.1. The van der Waals surface area contributed by atoms with Gasteiger partial charge in [-0.25, -0.2) is 0 Å². The smallest absolute Gasteiger partial charge is 0.309 e. The number of nitrogens with one attached hydrogen (secondary N) is 1. The van der Waals surface area contributed by atoms with Gasteiger partial charge in [-0.1, -0.05) is 35.3 Å². The minimum Gasteiger partial charge on any atom is -0.460 e. The molecule has 0 aliphatic carbocycles. The van der Waals surface area contributed by atoms with Crippen LogP contribution in [0.5, 0.6) is 0 Å². The Morgan fingerprint density at radius 3 is 2.61 bits per heavy atom. The van der Waals surface area contributed by atoms with E-state index in [1.807, 2.05) is 18.2 Å². The molecule has 0 unspecified atom stereocenters. The van der Waals surface area contributed by atoms with Crippen LogP contribution in [0.3, 0.4) is 0 Å². The van der Waals surface area contributed by atoms with Crippen molar-refractivity contribution in [1.29, 1.82) is 0 Å². The standard InChI is InChI=1S/C20H21Cl2NO4S/c1-20(2,3)27-16(24)10-13-19(25)23-17(14-7-8-15(22)28-14)18(26-13)11-5-4-6-12(21)9-11/h4-9,13,17-18H,10H2,1-3H3,(H,23,25)/t13-,17+,18+/m0/s1. The van der Waals surface area contributed by atoms with Gasteiger partial charge in [0.2, 0.25) is 5.91 Å². The number of thiophene rings is 1. The van der Waals surface area contributed by atoms with Crippen LogP contribution in [0.15, 0.2) is 36.4 Å². The summed E-state index contributed by atoms with van der Waals surface area (Å²) in [6.45, 7) is 5.33. The van der Waals surface area contributed by atoms with Crippen molar-refractivity contribution >= 4 is 46.4 Å². The number of carbonyl (C=O) groups excluding carboxylic acids is 2. The highest BCUT2D eigenvalue weighted by Crippen LogP contribution is 2.41. The van der Waals surface area contributed by atoms with Crippen LogP contribution in [0.2, 0.25) is 9.36 Å². The number of hydrogen-bond acceptors (Lipinski definition) is 5. The number of rotatable bonds is 4. The highest BCUT2D eigenvalue weighted by molar-refractivity contribution is 7.16. The summed E-state index contributed by atoms with van der Waals surface area (Å²) < 4.78 is 12.0. The molecule has 1 aliphatic rings. The van der Waals surface area contributed by atoms with Gasteiger partial charge in [0.05, 0.1) is 16.8 Å². The summed E-state index contributed by atoms with van der Waals surface area (Å²) in [5, 5.41) is 3.53. The Hall–Kier alpha value is -1.60. The van der Waals surface area contributed by atoms with Gasteiger partial charge in [0, 0.05) is 9.90 Å². The fourth-order valence-corrected chi connectivity index (χ4v) is 4.32. The zero-order valence-electron chi connectivity index (χ0n) is 15.7. The largest absolute Gasteiger partial charge is 0.460 e. The van der Waals surface area contributed by atoms with Gasteiger partial charge in [-0.3, -0.25) is 9.59 Å². The topological polar surface area (TPSA) is 64.6 Å². The molecule has 2 heterocycles. The van der Waals surface area contributed by atoms with E-state index in [9.17, 15) is 9.59 Å². The van der Waals surface area contributed by atoms with Gasteiger partial charge in [0.15, 0.2) is 0 Å². The highest BCUT2D eigenvalue weighted by Gasteiger charge is 2.40. The first-order chi connectivity index (χ1) is 13.1. The number of hydrogen-bond donors (Lipinski definition) is 1. The molecule has 1 N–H and O–H groups in total. The lowest BCUT2D eigenvalue weighted by atomic mass is 9.97. The van der Waals surface area contributed by atoms with Gasteiger partial charge < -0.3 is 14.8 Å². The van der Waals surface area contributed by atoms with Crippen molar-refractivity contribution < 1.29 is 19.1 Å². The molecular formula is C20H21Cl2NO4S. The fourth-order valence-electron chi connectivity index (χ4n) is 2.98. The minimum absolute atomic E-state index is 0.169. The van der Waals surface area contributed by atoms with Crippen molar-refractivity contribution in [2.45, 2.75) is 51.0 Å². The Bertz CT molecular complexity index is 877. The van der Waals surface area contributed by atoms with Gasteiger partial charge in [-0.2, -0.15) is 0 Å². The zero-order valence-corrected chi connectivity index (χ0v) is 18.0. The normalized spacial score (nSPS) is 22.6. The number of halogens is 2. The third-order valence-electron chi connectivity index (χ3n) is 4.05. The average molecular weight is 442 g/mol. The second-order valence-corrected chi connectivity index (χ2v) is 9.70. The van der Waals surface area contributed by atoms with Crippen LogP contribution in [-0.2, 0) is 19.1 Å². The summed E-state index contributed by atoms with van der Waals surface area (Å²) in [4.78, 5) is 25.7. The van der Waals surface area contributed by atoms with E-state index in [0.29, 0.717) is 9.36 Å². The molecule has 1 fully saturated rings. The molecule has 1 aromatic heterocycles. The van der Waals surface area contributed by atoms with Crippen molar-refractivity contribution in [2.75, 3.05) is 0 Å². The summed E-state index contributed by atoms with van der Waals surface area (Å²) in [6.07, 6.45) is -1.64. The average Bonchev–Trinajstić information content (AvgIpc) is 3.01. The summed E-state index contributed by atoms with van der Waals surface area (Å²) in [6, 6.07) is 10.4. The number of carbonyl (C=O) groups is 2. The third kappa shape index (κ3) is 5.26. The molecule has 28 heavy (non-hydrogen) atoms. The number of morpholine rings is 1. The molecule has 0 bridgehead atoms. The first-order valence-corrected chi connectivity index (χ1v) is 10.4. The van der Waals surface area contributed by atoms with Crippen LogP contribution < -0.4 is 5.32 Å². The molecule has 1 aliphatic heterocycles. The summed E-state index contributed by atoms with van der Waals surface area (Å²) in [5.41, 5.74) is 0.168. The lowest BCUT2D eigenvalue weighted by Gasteiger charge is -2.36. The molecule has 8 heteroatoms. The Morgan fingerprint density at radius 2 is 2.00 bits per heavy atom.